The molecule has 1 fully saturated rings. The molecule has 0 bridgehead atoms. The van der Waals surface area contributed by atoms with Crippen molar-refractivity contribution in [3.05, 3.63) is 70.3 Å². The first-order chi connectivity index (χ1) is 17.9. The number of piperazine rings is 1. The molecule has 0 unspecified atom stereocenters. The molecule has 1 saturated heterocycles. The van der Waals surface area contributed by atoms with Gasteiger partial charge in [-0.25, -0.2) is 0 Å². The number of aromatic nitrogens is 1. The van der Waals surface area contributed by atoms with E-state index in [0.717, 1.165) is 50.1 Å². The molecule has 2 aromatic heterocycles. The largest absolute Gasteiger partial charge is 2.00 e. The minimum Gasteiger partial charge on any atom is -0.790 e. The first-order valence-corrected chi connectivity index (χ1v) is 14.6. The Balaban J connectivity index is 0.00000336. The van der Waals surface area contributed by atoms with E-state index in [4.69, 9.17) is 4.74 Å². The smallest absolute Gasteiger partial charge is 0.790 e. The predicted octanol–water partition coefficient (Wildman–Crippen LogP) is 2.62. The minimum absolute atomic E-state index is 0. The second-order valence-corrected chi connectivity index (χ2v) is 11.1. The Kier molecular flexibility index (Phi) is 10.3. The van der Waals surface area contributed by atoms with E-state index >= 15 is 0 Å². The maximum absolute atomic E-state index is 12.2. The van der Waals surface area contributed by atoms with Crippen LogP contribution in [0.25, 0.3) is 21.0 Å². The summed E-state index contributed by atoms with van der Waals surface area (Å²) in [7, 11) is -5.20. The molecule has 0 N–H and O–H groups in total. The van der Waals surface area contributed by atoms with Gasteiger partial charge in [0.05, 0.1) is 19.9 Å². The van der Waals surface area contributed by atoms with Crippen molar-refractivity contribution in [2.75, 3.05) is 44.2 Å². The molecule has 12 heteroatoms. The Morgan fingerprint density at radius 3 is 2.55 bits per heavy atom. The second-order valence-electron chi connectivity index (χ2n) is 9.02. The molecular formula is C26H28CaN3O6PS. The molecule has 9 nitrogen and oxygen atoms in total. The predicted molar refractivity (Wildman–Crippen MR) is 148 cm³/mol. The number of phosphoric acid groups is 1. The van der Waals surface area contributed by atoms with Gasteiger partial charge in [0.15, 0.2) is 0 Å². The van der Waals surface area contributed by atoms with E-state index in [1.54, 1.807) is 35.6 Å². The van der Waals surface area contributed by atoms with E-state index in [-0.39, 0.29) is 37.7 Å². The molecule has 38 heavy (non-hydrogen) atoms. The van der Waals surface area contributed by atoms with Gasteiger partial charge in [0, 0.05) is 54.1 Å². The Hall–Kier alpha value is -1.46. The third kappa shape index (κ3) is 7.38. The van der Waals surface area contributed by atoms with Gasteiger partial charge in [0.2, 0.25) is 0 Å². The van der Waals surface area contributed by atoms with Crippen molar-refractivity contribution in [3.8, 4) is 5.75 Å². The van der Waals surface area contributed by atoms with Crippen LogP contribution in [0.2, 0.25) is 0 Å². The number of anilines is 1. The van der Waals surface area contributed by atoms with Gasteiger partial charge in [-0.05, 0) is 66.6 Å². The number of thiophene rings is 1. The van der Waals surface area contributed by atoms with Crippen LogP contribution in [0.15, 0.2) is 64.8 Å². The van der Waals surface area contributed by atoms with Crippen LogP contribution >= 0.6 is 19.2 Å². The Bertz CT molecular complexity index is 1480. The molecule has 0 aliphatic carbocycles. The van der Waals surface area contributed by atoms with E-state index in [0.29, 0.717) is 23.3 Å². The zero-order valence-electron chi connectivity index (χ0n) is 21.0. The Labute approximate surface area is 254 Å². The SMILES string of the molecule is O=c1ccc2ccc(OCCCCN3CCN(c4cccc5sccc45)CC3)cc2n1COP(=O)([O-])[O-].[Ca+2]. The summed E-state index contributed by atoms with van der Waals surface area (Å²) in [5.41, 5.74) is 1.30. The summed E-state index contributed by atoms with van der Waals surface area (Å²) in [6.07, 6.45) is 1.89. The standard InChI is InChI=1S/C26H30N3O6PS.Ca/c30-26-9-7-20-6-8-21(18-24(20)29(26)19-35-36(31,32)33)34-16-2-1-11-27-12-14-28(15-13-27)23-4-3-5-25-22(23)10-17-37-25;/h3-10,17-18H,1-2,11-16,19H2,(H2,31,32,33);/q;+2/p-2. The van der Waals surface area contributed by atoms with E-state index in [1.807, 2.05) is 0 Å². The zero-order valence-corrected chi connectivity index (χ0v) is 24.9. The van der Waals surface area contributed by atoms with Crippen molar-refractivity contribution >= 4 is 83.6 Å². The van der Waals surface area contributed by atoms with E-state index in [1.165, 1.54) is 21.8 Å². The average Bonchev–Trinajstić information content (AvgIpc) is 3.37. The fourth-order valence-electron chi connectivity index (χ4n) is 4.71. The monoisotopic (exact) mass is 581 g/mol. The number of hydrogen-bond acceptors (Lipinski definition) is 9. The van der Waals surface area contributed by atoms with Crippen LogP contribution in [0.5, 0.6) is 5.75 Å². The van der Waals surface area contributed by atoms with Gasteiger partial charge in [-0.1, -0.05) is 6.07 Å². The van der Waals surface area contributed by atoms with Crippen LogP contribution in [0, 0.1) is 0 Å². The van der Waals surface area contributed by atoms with E-state index in [9.17, 15) is 19.1 Å². The summed E-state index contributed by atoms with van der Waals surface area (Å²) in [4.78, 5) is 38.9. The maximum Gasteiger partial charge on any atom is 2.00 e. The number of unbranched alkanes of at least 4 members (excludes halogenated alkanes) is 1. The summed E-state index contributed by atoms with van der Waals surface area (Å²) in [6, 6.07) is 16.9. The summed E-state index contributed by atoms with van der Waals surface area (Å²) in [6.45, 7) is 4.97. The number of hydrogen-bond donors (Lipinski definition) is 0. The van der Waals surface area contributed by atoms with Gasteiger partial charge in [-0.2, -0.15) is 0 Å². The van der Waals surface area contributed by atoms with E-state index in [2.05, 4.69) is 44.0 Å². The molecule has 4 aromatic rings. The normalized spacial score (nSPS) is 14.6. The van der Waals surface area contributed by atoms with Crippen LogP contribution in [0.3, 0.4) is 0 Å². The van der Waals surface area contributed by atoms with Crippen molar-refractivity contribution in [1.82, 2.24) is 9.47 Å². The molecule has 196 valence electrons. The van der Waals surface area contributed by atoms with Gasteiger partial charge >= 0.3 is 37.7 Å². The van der Waals surface area contributed by atoms with Crippen LogP contribution in [-0.2, 0) is 15.8 Å². The number of nitrogens with zero attached hydrogens (tertiary/aromatic N) is 3. The molecule has 0 amide bonds. The number of fused-ring (bicyclic) bond motifs is 2. The Morgan fingerprint density at radius 2 is 1.76 bits per heavy atom. The van der Waals surface area contributed by atoms with Gasteiger partial charge in [0.1, 0.15) is 12.5 Å². The van der Waals surface area contributed by atoms with Crippen LogP contribution in [-0.4, -0.2) is 86.5 Å². The number of phosphoric ester groups is 1. The van der Waals surface area contributed by atoms with Crippen LogP contribution < -0.4 is 25.0 Å². The molecular weight excluding hydrogens is 553 g/mol. The second kappa shape index (κ2) is 13.3. The summed E-state index contributed by atoms with van der Waals surface area (Å²) < 4.78 is 23.5. The fraction of sp³-hybridized carbons (Fsp3) is 0.346. The quantitative estimate of drug-likeness (QED) is 0.160. The molecule has 2 aromatic carbocycles. The fourth-order valence-corrected chi connectivity index (χ4v) is 5.78. The summed E-state index contributed by atoms with van der Waals surface area (Å²) >= 11 is 1.78. The first-order valence-electron chi connectivity index (χ1n) is 12.2. The third-order valence-electron chi connectivity index (χ3n) is 6.63. The van der Waals surface area contributed by atoms with Crippen molar-refractivity contribution < 1.29 is 23.6 Å². The molecule has 0 radical (unpaired) electrons. The average molecular weight is 582 g/mol. The molecule has 0 saturated carbocycles. The number of ether oxygens (including phenoxy) is 1. The van der Waals surface area contributed by atoms with Crippen molar-refractivity contribution in [3.63, 3.8) is 0 Å². The van der Waals surface area contributed by atoms with Crippen molar-refractivity contribution in [1.29, 1.82) is 0 Å². The summed E-state index contributed by atoms with van der Waals surface area (Å²) in [5, 5.41) is 4.20. The maximum atomic E-state index is 12.2. The van der Waals surface area contributed by atoms with Crippen molar-refractivity contribution in [2.24, 2.45) is 0 Å². The first kappa shape index (κ1) is 29.5. The topological polar surface area (TPSA) is 110 Å². The van der Waals surface area contributed by atoms with Gasteiger partial charge in [0.25, 0.3) is 5.56 Å². The molecule has 1 aliphatic rings. The molecule has 0 atom stereocenters. The Morgan fingerprint density at radius 1 is 0.974 bits per heavy atom. The van der Waals surface area contributed by atoms with Crippen LogP contribution in [0.1, 0.15) is 12.8 Å². The van der Waals surface area contributed by atoms with Crippen molar-refractivity contribution in [2.45, 2.75) is 19.6 Å². The number of benzene rings is 2. The number of rotatable bonds is 10. The van der Waals surface area contributed by atoms with Crippen LogP contribution in [0.4, 0.5) is 5.69 Å². The third-order valence-corrected chi connectivity index (χ3v) is 7.95. The molecule has 3 heterocycles. The van der Waals surface area contributed by atoms with E-state index < -0.39 is 20.1 Å². The van der Waals surface area contributed by atoms with Gasteiger partial charge in [-0.15, -0.1) is 11.3 Å². The molecule has 0 spiro atoms. The molecule has 1 aliphatic heterocycles. The summed E-state index contributed by atoms with van der Waals surface area (Å²) in [5.74, 6) is 0.565. The molecule has 5 rings (SSSR count). The zero-order chi connectivity index (χ0) is 25.8. The minimum atomic E-state index is -5.20. The van der Waals surface area contributed by atoms with Gasteiger partial charge < -0.3 is 28.5 Å². The van der Waals surface area contributed by atoms with Gasteiger partial charge in [-0.3, -0.25) is 14.3 Å². The number of pyridine rings is 1.